The second-order valence-electron chi connectivity index (χ2n) is 3.69. The summed E-state index contributed by atoms with van der Waals surface area (Å²) >= 11 is 0. The van der Waals surface area contributed by atoms with Crippen molar-refractivity contribution in [1.82, 2.24) is 10.6 Å². The van der Waals surface area contributed by atoms with Crippen molar-refractivity contribution < 1.29 is 8.42 Å². The maximum Gasteiger partial charge on any atom is 0.238 e. The predicted molar refractivity (Wildman–Crippen MR) is 71.9 cm³/mol. The molecule has 18 heavy (non-hydrogen) atoms. The van der Waals surface area contributed by atoms with E-state index in [1.807, 2.05) is 0 Å². The zero-order valence-corrected chi connectivity index (χ0v) is 11.3. The molecular formula is C11H18N4O2S. The number of guanidine groups is 1. The number of nitrogens with one attached hydrogen (secondary N) is 2. The van der Waals surface area contributed by atoms with Gasteiger partial charge in [0.05, 0.1) is 4.90 Å². The summed E-state index contributed by atoms with van der Waals surface area (Å²) in [4.78, 5) is 4.11. The molecule has 6 nitrogen and oxygen atoms in total. The van der Waals surface area contributed by atoms with Crippen molar-refractivity contribution in [3.8, 4) is 0 Å². The molecule has 0 fully saturated rings. The molecule has 0 saturated heterocycles. The van der Waals surface area contributed by atoms with Crippen LogP contribution in [0.1, 0.15) is 5.56 Å². The van der Waals surface area contributed by atoms with Crippen molar-refractivity contribution in [1.29, 1.82) is 0 Å². The maximum absolute atomic E-state index is 11.1. The normalized spacial score (nSPS) is 12.3. The first kappa shape index (κ1) is 14.5. The molecule has 0 spiro atoms. The molecule has 100 valence electrons. The Balaban J connectivity index is 2.55. The monoisotopic (exact) mass is 270 g/mol. The minimum absolute atomic E-state index is 0.130. The van der Waals surface area contributed by atoms with E-state index in [1.165, 1.54) is 12.1 Å². The van der Waals surface area contributed by atoms with E-state index in [4.69, 9.17) is 5.14 Å². The van der Waals surface area contributed by atoms with E-state index in [9.17, 15) is 8.42 Å². The van der Waals surface area contributed by atoms with Crippen LogP contribution in [0.25, 0.3) is 0 Å². The first-order valence-electron chi connectivity index (χ1n) is 5.47. The highest BCUT2D eigenvalue weighted by Gasteiger charge is 2.06. The molecule has 0 aliphatic rings. The van der Waals surface area contributed by atoms with Gasteiger partial charge >= 0.3 is 0 Å². The van der Waals surface area contributed by atoms with E-state index in [-0.39, 0.29) is 4.90 Å². The molecule has 1 aromatic rings. The summed E-state index contributed by atoms with van der Waals surface area (Å²) < 4.78 is 22.1. The van der Waals surface area contributed by atoms with Crippen molar-refractivity contribution in [2.75, 3.05) is 20.6 Å². The van der Waals surface area contributed by atoms with Crippen LogP contribution in [0.4, 0.5) is 0 Å². The zero-order valence-electron chi connectivity index (χ0n) is 10.5. The number of primary sulfonamides is 1. The quantitative estimate of drug-likeness (QED) is 0.515. The van der Waals surface area contributed by atoms with Gasteiger partial charge in [-0.15, -0.1) is 0 Å². The minimum Gasteiger partial charge on any atom is -0.359 e. The number of hydrogen-bond donors (Lipinski definition) is 3. The maximum atomic E-state index is 11.1. The highest BCUT2D eigenvalue weighted by molar-refractivity contribution is 7.89. The van der Waals surface area contributed by atoms with Gasteiger partial charge in [-0.1, -0.05) is 12.1 Å². The van der Waals surface area contributed by atoms with Gasteiger partial charge in [-0.2, -0.15) is 0 Å². The molecule has 0 aliphatic carbocycles. The van der Waals surface area contributed by atoms with E-state index in [0.29, 0.717) is 6.54 Å². The summed E-state index contributed by atoms with van der Waals surface area (Å²) in [6, 6.07) is 6.53. The average molecular weight is 270 g/mol. The van der Waals surface area contributed by atoms with Gasteiger partial charge in [0.1, 0.15) is 0 Å². The number of nitrogens with zero attached hydrogens (tertiary/aromatic N) is 1. The molecule has 1 rings (SSSR count). The van der Waals surface area contributed by atoms with Crippen LogP contribution in [-0.4, -0.2) is 35.0 Å². The summed E-state index contributed by atoms with van der Waals surface area (Å²) in [6.07, 6.45) is 0.769. The lowest BCUT2D eigenvalue weighted by Crippen LogP contribution is -2.35. The van der Waals surface area contributed by atoms with Gasteiger partial charge in [0.2, 0.25) is 10.0 Å². The zero-order chi connectivity index (χ0) is 13.6. The molecule has 0 aliphatic heterocycles. The third-order valence-corrected chi connectivity index (χ3v) is 3.35. The Bertz CT molecular complexity index is 508. The lowest BCUT2D eigenvalue weighted by atomic mass is 10.1. The van der Waals surface area contributed by atoms with Gasteiger partial charge in [-0.25, -0.2) is 13.6 Å². The van der Waals surface area contributed by atoms with Crippen LogP contribution in [0, 0.1) is 0 Å². The third-order valence-electron chi connectivity index (χ3n) is 2.42. The first-order valence-corrected chi connectivity index (χ1v) is 7.02. The van der Waals surface area contributed by atoms with E-state index < -0.39 is 10.0 Å². The van der Waals surface area contributed by atoms with Crippen molar-refractivity contribution in [2.24, 2.45) is 10.1 Å². The van der Waals surface area contributed by atoms with Crippen LogP contribution < -0.4 is 15.8 Å². The van der Waals surface area contributed by atoms with Crippen molar-refractivity contribution >= 4 is 16.0 Å². The van der Waals surface area contributed by atoms with Gasteiger partial charge in [0.25, 0.3) is 0 Å². The molecular weight excluding hydrogens is 252 g/mol. The predicted octanol–water partition coefficient (Wildman–Crippen LogP) is -0.329. The van der Waals surface area contributed by atoms with Crippen molar-refractivity contribution in [3.63, 3.8) is 0 Å². The second-order valence-corrected chi connectivity index (χ2v) is 5.25. The van der Waals surface area contributed by atoms with E-state index in [0.717, 1.165) is 17.9 Å². The Morgan fingerprint density at radius 1 is 1.33 bits per heavy atom. The molecule has 4 N–H and O–H groups in total. The van der Waals surface area contributed by atoms with Gasteiger partial charge < -0.3 is 10.6 Å². The SMILES string of the molecule is CN=C(NC)NCCc1ccc(S(N)(=O)=O)cc1. The Labute approximate surface area is 107 Å². The van der Waals surface area contributed by atoms with Crippen LogP contribution in [0.5, 0.6) is 0 Å². The van der Waals surface area contributed by atoms with Gasteiger partial charge in [0, 0.05) is 20.6 Å². The van der Waals surface area contributed by atoms with Crippen molar-refractivity contribution in [2.45, 2.75) is 11.3 Å². The van der Waals surface area contributed by atoms with Crippen molar-refractivity contribution in [3.05, 3.63) is 29.8 Å². The Morgan fingerprint density at radius 3 is 2.39 bits per heavy atom. The van der Waals surface area contributed by atoms with Gasteiger partial charge in [-0.05, 0) is 24.1 Å². The third kappa shape index (κ3) is 4.34. The topological polar surface area (TPSA) is 96.6 Å². The summed E-state index contributed by atoms with van der Waals surface area (Å²) in [5, 5.41) is 11.0. The van der Waals surface area contributed by atoms with Crippen LogP contribution in [0.15, 0.2) is 34.2 Å². The van der Waals surface area contributed by atoms with Crippen LogP contribution in [-0.2, 0) is 16.4 Å². The van der Waals surface area contributed by atoms with E-state index in [2.05, 4.69) is 15.6 Å². The number of aliphatic imine (C=N–C) groups is 1. The standard InChI is InChI=1S/C11H18N4O2S/c1-13-11(14-2)15-8-7-9-3-5-10(6-4-9)18(12,16)17/h3-6H,7-8H2,1-2H3,(H2,12,16,17)(H2,13,14,15). The van der Waals surface area contributed by atoms with Crippen LogP contribution in [0.2, 0.25) is 0 Å². The molecule has 0 radical (unpaired) electrons. The Hall–Kier alpha value is -1.60. The number of hydrogen-bond acceptors (Lipinski definition) is 3. The molecule has 0 aromatic heterocycles. The fourth-order valence-electron chi connectivity index (χ4n) is 1.45. The molecule has 0 heterocycles. The number of benzene rings is 1. The number of nitrogens with two attached hydrogens (primary N) is 1. The number of rotatable bonds is 4. The lowest BCUT2D eigenvalue weighted by Gasteiger charge is -2.08. The highest BCUT2D eigenvalue weighted by atomic mass is 32.2. The van der Waals surface area contributed by atoms with Crippen LogP contribution in [0.3, 0.4) is 0 Å². The molecule has 0 atom stereocenters. The molecule has 7 heteroatoms. The summed E-state index contributed by atoms with van der Waals surface area (Å²) in [6.45, 7) is 0.711. The second kappa shape index (κ2) is 6.36. The smallest absolute Gasteiger partial charge is 0.238 e. The molecule has 0 bridgehead atoms. The van der Waals surface area contributed by atoms with E-state index in [1.54, 1.807) is 26.2 Å². The molecule has 1 aromatic carbocycles. The fraction of sp³-hybridized carbons (Fsp3) is 0.364. The summed E-state index contributed by atoms with van der Waals surface area (Å²) in [5.41, 5.74) is 1.03. The van der Waals surface area contributed by atoms with E-state index >= 15 is 0 Å². The Kier molecular flexibility index (Phi) is 5.11. The Morgan fingerprint density at radius 2 is 1.94 bits per heavy atom. The molecule has 0 saturated carbocycles. The number of sulfonamides is 1. The first-order chi connectivity index (χ1) is 8.47. The molecule has 0 amide bonds. The fourth-order valence-corrected chi connectivity index (χ4v) is 1.97. The lowest BCUT2D eigenvalue weighted by molar-refractivity contribution is 0.598. The average Bonchev–Trinajstić information content (AvgIpc) is 2.34. The van der Waals surface area contributed by atoms with Gasteiger partial charge in [0.15, 0.2) is 5.96 Å². The highest BCUT2D eigenvalue weighted by Crippen LogP contribution is 2.08. The van der Waals surface area contributed by atoms with Crippen LogP contribution >= 0.6 is 0 Å². The van der Waals surface area contributed by atoms with Gasteiger partial charge in [-0.3, -0.25) is 4.99 Å². The summed E-state index contributed by atoms with van der Waals surface area (Å²) in [5.74, 6) is 0.719. The minimum atomic E-state index is -3.61. The molecule has 0 unspecified atom stereocenters. The summed E-state index contributed by atoms with van der Waals surface area (Å²) in [7, 11) is -0.124. The largest absolute Gasteiger partial charge is 0.359 e.